The number of aryl methyl sites for hydroxylation is 1. The zero-order valence-corrected chi connectivity index (χ0v) is 11.6. The highest BCUT2D eigenvalue weighted by Gasteiger charge is 2.15. The second kappa shape index (κ2) is 4.87. The molecule has 1 N–H and O–H groups in total. The summed E-state index contributed by atoms with van der Waals surface area (Å²) in [7, 11) is 1.79. The number of hydrogen-bond donors (Lipinski definition) is 1. The van der Waals surface area contributed by atoms with E-state index >= 15 is 0 Å². The maximum absolute atomic E-state index is 12.1. The second-order valence-corrected chi connectivity index (χ2v) is 5.26. The zero-order valence-electron chi connectivity index (χ0n) is 10.8. The molecule has 2 aromatic rings. The minimum Gasteiger partial charge on any atom is -0.368 e. The van der Waals surface area contributed by atoms with Crippen LogP contribution >= 0.6 is 11.6 Å². The van der Waals surface area contributed by atoms with Crippen LogP contribution in [-0.2, 0) is 7.05 Å². The second-order valence-electron chi connectivity index (χ2n) is 4.83. The maximum atomic E-state index is 12.1. The molecule has 0 aliphatic carbocycles. The van der Waals surface area contributed by atoms with E-state index in [1.54, 1.807) is 17.7 Å². The van der Waals surface area contributed by atoms with Crippen molar-refractivity contribution in [1.29, 1.82) is 0 Å². The van der Waals surface area contributed by atoms with Gasteiger partial charge in [0.25, 0.3) is 5.56 Å². The van der Waals surface area contributed by atoms with Gasteiger partial charge in [0.2, 0.25) is 0 Å². The summed E-state index contributed by atoms with van der Waals surface area (Å²) >= 11 is 6.10. The molecular weight excluding hydrogens is 262 g/mol. The standard InChI is InChI=1S/C14H16ClN3O/c1-17-12-3-2-10(15)8-11(12)13(9-14(17)19)18-6-4-16-5-7-18/h2-3,8-9,16H,4-7H2,1H3. The molecule has 0 bridgehead atoms. The number of hydrogen-bond acceptors (Lipinski definition) is 3. The van der Waals surface area contributed by atoms with Crippen molar-refractivity contribution in [3.63, 3.8) is 0 Å². The van der Waals surface area contributed by atoms with E-state index in [-0.39, 0.29) is 5.56 Å². The smallest absolute Gasteiger partial charge is 0.252 e. The van der Waals surface area contributed by atoms with Crippen molar-refractivity contribution >= 4 is 28.2 Å². The van der Waals surface area contributed by atoms with Crippen molar-refractivity contribution in [2.75, 3.05) is 31.1 Å². The zero-order chi connectivity index (χ0) is 13.4. The fourth-order valence-corrected chi connectivity index (χ4v) is 2.76. The molecule has 5 heteroatoms. The molecule has 1 aliphatic heterocycles. The summed E-state index contributed by atoms with van der Waals surface area (Å²) < 4.78 is 1.66. The molecule has 0 amide bonds. The fraction of sp³-hybridized carbons (Fsp3) is 0.357. The van der Waals surface area contributed by atoms with E-state index in [1.807, 2.05) is 18.2 Å². The van der Waals surface area contributed by atoms with Crippen LogP contribution in [0.25, 0.3) is 10.9 Å². The Labute approximate surface area is 116 Å². The molecule has 1 aliphatic rings. The molecule has 100 valence electrons. The van der Waals surface area contributed by atoms with E-state index in [1.165, 1.54) is 0 Å². The lowest BCUT2D eigenvalue weighted by molar-refractivity contribution is 0.590. The highest BCUT2D eigenvalue weighted by Crippen LogP contribution is 2.27. The lowest BCUT2D eigenvalue weighted by Crippen LogP contribution is -2.44. The van der Waals surface area contributed by atoms with E-state index in [9.17, 15) is 4.79 Å². The Hall–Kier alpha value is -1.52. The lowest BCUT2D eigenvalue weighted by Gasteiger charge is -2.30. The highest BCUT2D eigenvalue weighted by atomic mass is 35.5. The molecule has 4 nitrogen and oxygen atoms in total. The first-order valence-electron chi connectivity index (χ1n) is 6.42. The fourth-order valence-electron chi connectivity index (χ4n) is 2.58. The summed E-state index contributed by atoms with van der Waals surface area (Å²) in [6, 6.07) is 7.38. The predicted octanol–water partition coefficient (Wildman–Crippen LogP) is 1.60. The molecule has 1 aromatic heterocycles. The van der Waals surface area contributed by atoms with Crippen molar-refractivity contribution in [3.05, 3.63) is 39.6 Å². The number of anilines is 1. The summed E-state index contributed by atoms with van der Waals surface area (Å²) in [5.41, 5.74) is 1.93. The number of piperazine rings is 1. The highest BCUT2D eigenvalue weighted by molar-refractivity contribution is 6.31. The molecule has 2 heterocycles. The van der Waals surface area contributed by atoms with Crippen LogP contribution in [0.1, 0.15) is 0 Å². The first-order valence-corrected chi connectivity index (χ1v) is 6.79. The van der Waals surface area contributed by atoms with Gasteiger partial charge in [0, 0.05) is 49.7 Å². The minimum absolute atomic E-state index is 0.0170. The Bertz CT molecular complexity index is 674. The Morgan fingerprint density at radius 1 is 1.21 bits per heavy atom. The maximum Gasteiger partial charge on any atom is 0.252 e. The SMILES string of the molecule is Cn1c(=O)cc(N2CCNCC2)c2cc(Cl)ccc21. The number of aromatic nitrogens is 1. The summed E-state index contributed by atoms with van der Waals surface area (Å²) in [4.78, 5) is 14.3. The van der Waals surface area contributed by atoms with Gasteiger partial charge in [0.1, 0.15) is 0 Å². The minimum atomic E-state index is 0.0170. The molecule has 0 radical (unpaired) electrons. The summed E-state index contributed by atoms with van der Waals surface area (Å²) in [6.07, 6.45) is 0. The number of nitrogens with one attached hydrogen (secondary N) is 1. The monoisotopic (exact) mass is 277 g/mol. The van der Waals surface area contributed by atoms with Crippen LogP contribution in [0.3, 0.4) is 0 Å². The van der Waals surface area contributed by atoms with Crippen LogP contribution in [0.15, 0.2) is 29.1 Å². The Morgan fingerprint density at radius 3 is 2.68 bits per heavy atom. The lowest BCUT2D eigenvalue weighted by atomic mass is 10.1. The van der Waals surface area contributed by atoms with Crippen LogP contribution in [0.4, 0.5) is 5.69 Å². The first kappa shape index (κ1) is 12.5. The number of halogens is 1. The van der Waals surface area contributed by atoms with Gasteiger partial charge in [-0.1, -0.05) is 11.6 Å². The van der Waals surface area contributed by atoms with Gasteiger partial charge in [-0.05, 0) is 18.2 Å². The van der Waals surface area contributed by atoms with E-state index in [0.717, 1.165) is 42.8 Å². The Balaban J connectivity index is 2.25. The van der Waals surface area contributed by atoms with Gasteiger partial charge in [-0.2, -0.15) is 0 Å². The van der Waals surface area contributed by atoms with E-state index in [4.69, 9.17) is 11.6 Å². The van der Waals surface area contributed by atoms with Crippen LogP contribution in [0.2, 0.25) is 5.02 Å². The average Bonchev–Trinajstić information content (AvgIpc) is 2.43. The molecule has 0 unspecified atom stereocenters. The third kappa shape index (κ3) is 2.22. The molecule has 0 atom stereocenters. The van der Waals surface area contributed by atoms with Crippen LogP contribution < -0.4 is 15.8 Å². The summed E-state index contributed by atoms with van der Waals surface area (Å²) in [5.74, 6) is 0. The van der Waals surface area contributed by atoms with Crippen LogP contribution in [0, 0.1) is 0 Å². The van der Waals surface area contributed by atoms with Gasteiger partial charge in [-0.25, -0.2) is 0 Å². The van der Waals surface area contributed by atoms with Gasteiger partial charge in [0.05, 0.1) is 11.2 Å². The molecule has 1 fully saturated rings. The molecule has 0 saturated carbocycles. The van der Waals surface area contributed by atoms with E-state index < -0.39 is 0 Å². The van der Waals surface area contributed by atoms with Gasteiger partial charge in [-0.15, -0.1) is 0 Å². The number of fused-ring (bicyclic) bond motifs is 1. The van der Waals surface area contributed by atoms with Crippen LogP contribution in [0.5, 0.6) is 0 Å². The van der Waals surface area contributed by atoms with Crippen molar-refractivity contribution < 1.29 is 0 Å². The molecule has 1 saturated heterocycles. The van der Waals surface area contributed by atoms with Gasteiger partial charge >= 0.3 is 0 Å². The first-order chi connectivity index (χ1) is 9.16. The normalized spacial score (nSPS) is 16.0. The van der Waals surface area contributed by atoms with Crippen LogP contribution in [-0.4, -0.2) is 30.7 Å². The quantitative estimate of drug-likeness (QED) is 0.860. The van der Waals surface area contributed by atoms with E-state index in [2.05, 4.69) is 10.2 Å². The topological polar surface area (TPSA) is 37.3 Å². The third-order valence-corrected chi connectivity index (χ3v) is 3.88. The van der Waals surface area contributed by atoms with E-state index in [0.29, 0.717) is 5.02 Å². The molecule has 0 spiro atoms. The van der Waals surface area contributed by atoms with Crippen molar-refractivity contribution in [1.82, 2.24) is 9.88 Å². The number of benzene rings is 1. The van der Waals surface area contributed by atoms with Crippen molar-refractivity contribution in [2.24, 2.45) is 7.05 Å². The Kier molecular flexibility index (Phi) is 3.21. The van der Waals surface area contributed by atoms with Gasteiger partial charge in [0.15, 0.2) is 0 Å². The van der Waals surface area contributed by atoms with Gasteiger partial charge in [-0.3, -0.25) is 4.79 Å². The predicted molar refractivity (Wildman–Crippen MR) is 79.3 cm³/mol. The van der Waals surface area contributed by atoms with Crippen molar-refractivity contribution in [2.45, 2.75) is 0 Å². The number of rotatable bonds is 1. The van der Waals surface area contributed by atoms with Gasteiger partial charge < -0.3 is 14.8 Å². The largest absolute Gasteiger partial charge is 0.368 e. The number of nitrogens with zero attached hydrogens (tertiary/aromatic N) is 2. The third-order valence-electron chi connectivity index (χ3n) is 3.64. The molecule has 3 rings (SSSR count). The average molecular weight is 278 g/mol. The molecule has 1 aromatic carbocycles. The summed E-state index contributed by atoms with van der Waals surface area (Å²) in [6.45, 7) is 3.71. The Morgan fingerprint density at radius 2 is 1.95 bits per heavy atom. The number of pyridine rings is 1. The summed E-state index contributed by atoms with van der Waals surface area (Å²) in [5, 5.41) is 5.05. The molecule has 19 heavy (non-hydrogen) atoms. The molecular formula is C14H16ClN3O. The van der Waals surface area contributed by atoms with Crippen molar-refractivity contribution in [3.8, 4) is 0 Å².